The topological polar surface area (TPSA) is 124 Å². The lowest BCUT2D eigenvalue weighted by atomic mass is 10.1. The molecule has 2 fully saturated rings. The van der Waals surface area contributed by atoms with E-state index < -0.39 is 24.5 Å². The summed E-state index contributed by atoms with van der Waals surface area (Å²) >= 11 is 0. The number of methoxy groups -OCH3 is 1. The van der Waals surface area contributed by atoms with Crippen LogP contribution in [0, 0.1) is 0 Å². The molecule has 2 aromatic heterocycles. The quantitative estimate of drug-likeness (QED) is 0.641. The summed E-state index contributed by atoms with van der Waals surface area (Å²) in [5.74, 6) is 0.612. The fraction of sp³-hybridized carbons (Fsp3) is 0.667. The third kappa shape index (κ3) is 2.96. The van der Waals surface area contributed by atoms with Crippen LogP contribution in [0.2, 0.25) is 0 Å². The second kappa shape index (κ2) is 6.81. The van der Waals surface area contributed by atoms with Crippen LogP contribution in [0.3, 0.4) is 0 Å². The average Bonchev–Trinajstić information content (AvgIpc) is 3.32. The van der Waals surface area contributed by atoms with Crippen LogP contribution >= 0.6 is 0 Å². The highest BCUT2D eigenvalue weighted by Crippen LogP contribution is 2.32. The van der Waals surface area contributed by atoms with Crippen molar-refractivity contribution in [2.75, 3.05) is 32.2 Å². The first-order valence-corrected chi connectivity index (χ1v) is 8.21. The van der Waals surface area contributed by atoms with Gasteiger partial charge in [0.25, 0.3) is 0 Å². The third-order valence-electron chi connectivity index (χ3n) is 4.57. The molecule has 5 atom stereocenters. The van der Waals surface area contributed by atoms with E-state index in [0.29, 0.717) is 23.6 Å². The Balaban J connectivity index is 1.62. The number of rotatable bonds is 5. The summed E-state index contributed by atoms with van der Waals surface area (Å²) in [6.07, 6.45) is 0.315. The molecule has 25 heavy (non-hydrogen) atoms. The molecular weight excluding hydrogens is 330 g/mol. The number of hydrogen-bond acceptors (Lipinski definition) is 9. The van der Waals surface area contributed by atoms with Crippen molar-refractivity contribution in [3.8, 4) is 0 Å². The average molecular weight is 351 g/mol. The minimum absolute atomic E-state index is 0.185. The van der Waals surface area contributed by atoms with Crippen molar-refractivity contribution < 1.29 is 24.4 Å². The Labute approximate surface area is 143 Å². The number of anilines is 1. The third-order valence-corrected chi connectivity index (χ3v) is 4.57. The van der Waals surface area contributed by atoms with E-state index in [2.05, 4.69) is 20.3 Å². The van der Waals surface area contributed by atoms with Gasteiger partial charge in [0.15, 0.2) is 23.2 Å². The van der Waals surface area contributed by atoms with Crippen LogP contribution < -0.4 is 5.32 Å². The first-order chi connectivity index (χ1) is 12.2. The van der Waals surface area contributed by atoms with E-state index in [0.717, 1.165) is 13.0 Å². The molecule has 0 aromatic carbocycles. The van der Waals surface area contributed by atoms with E-state index in [1.54, 1.807) is 4.57 Å². The number of aliphatic hydroxyl groups is 2. The van der Waals surface area contributed by atoms with Gasteiger partial charge in [-0.05, 0) is 6.42 Å². The summed E-state index contributed by atoms with van der Waals surface area (Å²) in [6.45, 7) is 1.54. The molecule has 2 aromatic rings. The number of imidazole rings is 1. The van der Waals surface area contributed by atoms with E-state index in [1.165, 1.54) is 19.8 Å². The van der Waals surface area contributed by atoms with Crippen molar-refractivity contribution in [1.29, 1.82) is 0 Å². The van der Waals surface area contributed by atoms with Crippen molar-refractivity contribution in [1.82, 2.24) is 19.5 Å². The molecule has 0 bridgehead atoms. The lowest BCUT2D eigenvalue weighted by Gasteiger charge is -2.17. The van der Waals surface area contributed by atoms with Gasteiger partial charge in [-0.25, -0.2) is 15.0 Å². The number of nitrogens with zero attached hydrogens (tertiary/aromatic N) is 4. The number of aliphatic hydroxyl groups excluding tert-OH is 2. The maximum Gasteiger partial charge on any atom is 0.167 e. The van der Waals surface area contributed by atoms with Crippen molar-refractivity contribution in [3.63, 3.8) is 0 Å². The fourth-order valence-corrected chi connectivity index (χ4v) is 3.25. The lowest BCUT2D eigenvalue weighted by Crippen LogP contribution is -2.33. The van der Waals surface area contributed by atoms with Gasteiger partial charge in [0.05, 0.1) is 25.6 Å². The van der Waals surface area contributed by atoms with Crippen molar-refractivity contribution in [2.24, 2.45) is 0 Å². The molecule has 0 aliphatic carbocycles. The summed E-state index contributed by atoms with van der Waals surface area (Å²) in [5.41, 5.74) is 1.10. The Morgan fingerprint density at radius 2 is 2.20 bits per heavy atom. The Morgan fingerprint density at radius 1 is 1.32 bits per heavy atom. The molecule has 0 amide bonds. The zero-order valence-corrected chi connectivity index (χ0v) is 13.8. The van der Waals surface area contributed by atoms with Gasteiger partial charge in [-0.3, -0.25) is 4.57 Å². The molecular formula is C15H21N5O5. The molecule has 4 heterocycles. The van der Waals surface area contributed by atoms with Crippen LogP contribution in [0.5, 0.6) is 0 Å². The van der Waals surface area contributed by atoms with Crippen molar-refractivity contribution in [2.45, 2.75) is 37.0 Å². The van der Waals surface area contributed by atoms with Gasteiger partial charge < -0.3 is 29.7 Å². The molecule has 3 N–H and O–H groups in total. The van der Waals surface area contributed by atoms with Crippen LogP contribution in [0.15, 0.2) is 12.7 Å². The highest BCUT2D eigenvalue weighted by atomic mass is 16.6. The van der Waals surface area contributed by atoms with Crippen LogP contribution in [-0.4, -0.2) is 81.0 Å². The van der Waals surface area contributed by atoms with Crippen molar-refractivity contribution >= 4 is 17.0 Å². The zero-order valence-electron chi connectivity index (χ0n) is 13.8. The Kier molecular flexibility index (Phi) is 4.52. The van der Waals surface area contributed by atoms with Crippen LogP contribution in [0.4, 0.5) is 5.82 Å². The first kappa shape index (κ1) is 16.6. The number of nitrogens with one attached hydrogen (secondary N) is 1. The molecule has 2 saturated heterocycles. The molecule has 4 rings (SSSR count). The molecule has 0 spiro atoms. The number of fused-ring (bicyclic) bond motifs is 1. The molecule has 136 valence electrons. The second-order valence-electron chi connectivity index (χ2n) is 6.25. The zero-order chi connectivity index (χ0) is 17.4. The highest BCUT2D eigenvalue weighted by molar-refractivity contribution is 5.82. The molecule has 10 nitrogen and oxygen atoms in total. The normalized spacial score (nSPS) is 32.5. The molecule has 10 heteroatoms. The van der Waals surface area contributed by atoms with Gasteiger partial charge in [0.2, 0.25) is 0 Å². The lowest BCUT2D eigenvalue weighted by molar-refractivity contribution is -0.0580. The number of ether oxygens (including phenoxy) is 3. The highest BCUT2D eigenvalue weighted by Gasteiger charge is 2.44. The maximum absolute atomic E-state index is 10.3. The summed E-state index contributed by atoms with van der Waals surface area (Å²) < 4.78 is 17.7. The van der Waals surface area contributed by atoms with E-state index in [-0.39, 0.29) is 12.6 Å². The predicted molar refractivity (Wildman–Crippen MR) is 86.0 cm³/mol. The van der Waals surface area contributed by atoms with Gasteiger partial charge in [-0.15, -0.1) is 0 Å². The molecule has 1 unspecified atom stereocenters. The maximum atomic E-state index is 10.3. The van der Waals surface area contributed by atoms with E-state index in [9.17, 15) is 10.2 Å². The Bertz CT molecular complexity index is 734. The van der Waals surface area contributed by atoms with Crippen molar-refractivity contribution in [3.05, 3.63) is 12.7 Å². The minimum atomic E-state index is -1.10. The molecule has 0 radical (unpaired) electrons. The summed E-state index contributed by atoms with van der Waals surface area (Å²) in [7, 11) is 1.51. The monoisotopic (exact) mass is 351 g/mol. The smallest absolute Gasteiger partial charge is 0.167 e. The minimum Gasteiger partial charge on any atom is -0.387 e. The second-order valence-corrected chi connectivity index (χ2v) is 6.25. The first-order valence-electron chi connectivity index (χ1n) is 8.21. The largest absolute Gasteiger partial charge is 0.387 e. The summed E-state index contributed by atoms with van der Waals surface area (Å²) in [4.78, 5) is 12.9. The van der Waals surface area contributed by atoms with Gasteiger partial charge in [-0.1, -0.05) is 0 Å². The SMILES string of the molecule is COC[C@H]1O[C@@H](n2cnc3c(NC4CCOC4)ncnc32)[C@H](O)[C@@H]1O. The van der Waals surface area contributed by atoms with E-state index in [1.807, 2.05) is 0 Å². The predicted octanol–water partition coefficient (Wildman–Crippen LogP) is -0.707. The Hall–Kier alpha value is -1.85. The van der Waals surface area contributed by atoms with Gasteiger partial charge in [0.1, 0.15) is 24.6 Å². The van der Waals surface area contributed by atoms with Gasteiger partial charge in [-0.2, -0.15) is 0 Å². The van der Waals surface area contributed by atoms with E-state index in [4.69, 9.17) is 14.2 Å². The summed E-state index contributed by atoms with van der Waals surface area (Å²) in [5, 5.41) is 23.8. The molecule has 2 aliphatic rings. The van der Waals surface area contributed by atoms with Crippen LogP contribution in [0.1, 0.15) is 12.6 Å². The summed E-state index contributed by atoms with van der Waals surface area (Å²) in [6, 6.07) is 0.185. The molecule has 0 saturated carbocycles. The van der Waals surface area contributed by atoms with Crippen LogP contribution in [0.25, 0.3) is 11.2 Å². The van der Waals surface area contributed by atoms with E-state index >= 15 is 0 Å². The standard InChI is InChI=1S/C15H21N5O5/c1-23-5-9-11(21)12(22)15(25-9)20-7-18-10-13(16-6-17-14(10)20)19-8-2-3-24-4-8/h6-9,11-12,15,21-22H,2-5H2,1H3,(H,16,17,19)/t8?,9-,11-,12-,15-/m1/s1. The van der Waals surface area contributed by atoms with Crippen LogP contribution in [-0.2, 0) is 14.2 Å². The number of hydrogen-bond donors (Lipinski definition) is 3. The van der Waals surface area contributed by atoms with Gasteiger partial charge >= 0.3 is 0 Å². The fourth-order valence-electron chi connectivity index (χ4n) is 3.25. The Morgan fingerprint density at radius 3 is 2.96 bits per heavy atom. The number of aromatic nitrogens is 4. The molecule has 2 aliphatic heterocycles. The van der Waals surface area contributed by atoms with Gasteiger partial charge in [0, 0.05) is 13.7 Å².